The van der Waals surface area contributed by atoms with E-state index in [0.717, 1.165) is 0 Å². The molecular formula is C24H8F12N2. The van der Waals surface area contributed by atoms with E-state index < -0.39 is 115 Å². The van der Waals surface area contributed by atoms with Crippen LogP contribution in [0.4, 0.5) is 64.1 Å². The highest BCUT2D eigenvalue weighted by molar-refractivity contribution is 5.88. The number of hydrogen-bond donors (Lipinski definition) is 2. The van der Waals surface area contributed by atoms with E-state index in [-0.39, 0.29) is 12.1 Å². The molecule has 0 unspecified atom stereocenters. The van der Waals surface area contributed by atoms with E-state index in [0.29, 0.717) is 12.1 Å². The van der Waals surface area contributed by atoms with Crippen LogP contribution >= 0.6 is 0 Å². The first-order chi connectivity index (χ1) is 17.7. The second kappa shape index (κ2) is 9.19. The maximum Gasteiger partial charge on any atom is 0.195 e. The zero-order valence-electron chi connectivity index (χ0n) is 18.0. The Morgan fingerprint density at radius 2 is 0.632 bits per heavy atom. The smallest absolute Gasteiger partial charge is 0.195 e. The van der Waals surface area contributed by atoms with Crippen molar-refractivity contribution in [2.75, 3.05) is 11.5 Å². The molecule has 0 aliphatic heterocycles. The first kappa shape index (κ1) is 26.7. The minimum Gasteiger partial charge on any atom is -0.396 e. The van der Waals surface area contributed by atoms with Crippen LogP contribution in [-0.4, -0.2) is 0 Å². The Bertz CT molecular complexity index is 1540. The van der Waals surface area contributed by atoms with Crippen molar-refractivity contribution < 1.29 is 52.7 Å². The second-order valence-electron chi connectivity index (χ2n) is 7.66. The second-order valence-corrected chi connectivity index (χ2v) is 7.66. The zero-order chi connectivity index (χ0) is 28.4. The summed E-state index contributed by atoms with van der Waals surface area (Å²) >= 11 is 0. The molecule has 4 rings (SSSR count). The van der Waals surface area contributed by atoms with Gasteiger partial charge in [-0.05, 0) is 24.3 Å². The lowest BCUT2D eigenvalue weighted by atomic mass is 9.91. The normalized spacial score (nSPS) is 11.4. The minimum atomic E-state index is -2.47. The molecule has 0 aliphatic rings. The van der Waals surface area contributed by atoms with Gasteiger partial charge in [-0.2, -0.15) is 0 Å². The lowest BCUT2D eigenvalue weighted by molar-refractivity contribution is 0.448. The third kappa shape index (κ3) is 3.70. The van der Waals surface area contributed by atoms with Crippen LogP contribution in [-0.2, 0) is 0 Å². The molecule has 2 nitrogen and oxygen atoms in total. The molecule has 14 heteroatoms. The number of anilines is 2. The number of benzene rings is 4. The topological polar surface area (TPSA) is 52.0 Å². The summed E-state index contributed by atoms with van der Waals surface area (Å²) in [5.41, 5.74) is -2.50. The predicted molar refractivity (Wildman–Crippen MR) is 111 cm³/mol. The number of nitrogen functional groups attached to an aromatic ring is 2. The van der Waals surface area contributed by atoms with Crippen molar-refractivity contribution in [2.24, 2.45) is 0 Å². The van der Waals surface area contributed by atoms with E-state index >= 15 is 8.78 Å². The van der Waals surface area contributed by atoms with Crippen LogP contribution in [0.15, 0.2) is 24.3 Å². The molecule has 0 amide bonds. The molecule has 0 fully saturated rings. The van der Waals surface area contributed by atoms with E-state index in [1.807, 2.05) is 0 Å². The fourth-order valence-electron chi connectivity index (χ4n) is 3.76. The van der Waals surface area contributed by atoms with Gasteiger partial charge in [0.05, 0.1) is 22.5 Å². The molecule has 0 heterocycles. The standard InChI is InChI=1S/C24H8F12N2/c25-7-3-1-5(13(27)15(7)29)9-17(31)11(19(33)21(35)23(9)37)12-18(32)10(24(38)22(36)20(12)34)6-2-4-8(26)16(30)14(6)28/h1-4H,37-38H2. The molecule has 0 aromatic heterocycles. The molecule has 0 aliphatic carbocycles. The fourth-order valence-corrected chi connectivity index (χ4v) is 3.76. The van der Waals surface area contributed by atoms with Crippen molar-refractivity contribution in [3.05, 3.63) is 94.1 Å². The average Bonchev–Trinajstić information content (AvgIpc) is 2.88. The lowest BCUT2D eigenvalue weighted by Crippen LogP contribution is -2.11. The van der Waals surface area contributed by atoms with Gasteiger partial charge in [0.1, 0.15) is 11.6 Å². The molecule has 0 atom stereocenters. The van der Waals surface area contributed by atoms with E-state index in [1.54, 1.807) is 0 Å². The van der Waals surface area contributed by atoms with E-state index in [2.05, 4.69) is 0 Å². The highest BCUT2D eigenvalue weighted by atomic mass is 19.2. The molecule has 4 aromatic rings. The van der Waals surface area contributed by atoms with Crippen molar-refractivity contribution in [1.29, 1.82) is 0 Å². The Balaban J connectivity index is 2.17. The molecule has 38 heavy (non-hydrogen) atoms. The predicted octanol–water partition coefficient (Wildman–Crippen LogP) is 7.52. The van der Waals surface area contributed by atoms with Gasteiger partial charge in [0, 0.05) is 22.3 Å². The summed E-state index contributed by atoms with van der Waals surface area (Å²) in [6, 6.07) is 1.15. The quantitative estimate of drug-likeness (QED) is 0.120. The highest BCUT2D eigenvalue weighted by Crippen LogP contribution is 2.46. The summed E-state index contributed by atoms with van der Waals surface area (Å²) in [5, 5.41) is 0. The molecule has 0 saturated heterocycles. The summed E-state index contributed by atoms with van der Waals surface area (Å²) in [6.45, 7) is 0. The van der Waals surface area contributed by atoms with Gasteiger partial charge in [-0.15, -0.1) is 0 Å². The van der Waals surface area contributed by atoms with Gasteiger partial charge >= 0.3 is 0 Å². The molecule has 0 radical (unpaired) electrons. The number of rotatable bonds is 3. The minimum absolute atomic E-state index is 0.238. The van der Waals surface area contributed by atoms with Crippen LogP contribution < -0.4 is 11.5 Å². The van der Waals surface area contributed by atoms with Crippen molar-refractivity contribution >= 4 is 11.4 Å². The van der Waals surface area contributed by atoms with E-state index in [9.17, 15) is 43.9 Å². The Kier molecular flexibility index (Phi) is 6.45. The summed E-state index contributed by atoms with van der Waals surface area (Å²) in [7, 11) is 0. The molecule has 0 saturated carbocycles. The summed E-state index contributed by atoms with van der Waals surface area (Å²) in [4.78, 5) is 0. The zero-order valence-corrected chi connectivity index (χ0v) is 18.0. The SMILES string of the molecule is Nc1c(F)c(F)c(-c2c(F)c(F)c(N)c(-c3ccc(F)c(F)c3F)c2F)c(F)c1-c1ccc(F)c(F)c1F. The van der Waals surface area contributed by atoms with Crippen LogP contribution in [0.2, 0.25) is 0 Å². The largest absolute Gasteiger partial charge is 0.396 e. The Morgan fingerprint density at radius 1 is 0.316 bits per heavy atom. The van der Waals surface area contributed by atoms with Crippen molar-refractivity contribution in [3.8, 4) is 33.4 Å². The van der Waals surface area contributed by atoms with Crippen LogP contribution in [0.5, 0.6) is 0 Å². The van der Waals surface area contributed by atoms with E-state index in [1.165, 1.54) is 0 Å². The van der Waals surface area contributed by atoms with Crippen molar-refractivity contribution in [2.45, 2.75) is 0 Å². The van der Waals surface area contributed by atoms with Crippen LogP contribution in [0.25, 0.3) is 33.4 Å². The first-order valence-corrected chi connectivity index (χ1v) is 9.92. The summed E-state index contributed by atoms with van der Waals surface area (Å²) < 4.78 is 173. The molecule has 0 bridgehead atoms. The highest BCUT2D eigenvalue weighted by Gasteiger charge is 2.35. The number of halogens is 12. The van der Waals surface area contributed by atoms with Crippen LogP contribution in [0.1, 0.15) is 0 Å². The van der Waals surface area contributed by atoms with Gasteiger partial charge in [-0.25, -0.2) is 52.7 Å². The summed E-state index contributed by atoms with van der Waals surface area (Å²) in [5.74, 6) is -26.4. The molecule has 198 valence electrons. The monoisotopic (exact) mass is 552 g/mol. The van der Waals surface area contributed by atoms with Crippen LogP contribution in [0, 0.1) is 69.8 Å². The maximum absolute atomic E-state index is 15.5. The molecular weight excluding hydrogens is 544 g/mol. The fraction of sp³-hybridized carbons (Fsp3) is 0. The third-order valence-electron chi connectivity index (χ3n) is 5.57. The van der Waals surface area contributed by atoms with Crippen molar-refractivity contribution in [3.63, 3.8) is 0 Å². The van der Waals surface area contributed by atoms with Crippen molar-refractivity contribution in [1.82, 2.24) is 0 Å². The first-order valence-electron chi connectivity index (χ1n) is 9.92. The van der Waals surface area contributed by atoms with Gasteiger partial charge in [-0.1, -0.05) is 0 Å². The molecule has 4 N–H and O–H groups in total. The van der Waals surface area contributed by atoms with Crippen LogP contribution in [0.3, 0.4) is 0 Å². The van der Waals surface area contributed by atoms with Gasteiger partial charge in [0.25, 0.3) is 0 Å². The lowest BCUT2D eigenvalue weighted by Gasteiger charge is -2.19. The van der Waals surface area contributed by atoms with Gasteiger partial charge < -0.3 is 11.5 Å². The maximum atomic E-state index is 15.5. The Labute approximate surface area is 203 Å². The van der Waals surface area contributed by atoms with E-state index in [4.69, 9.17) is 11.5 Å². The Morgan fingerprint density at radius 3 is 0.947 bits per heavy atom. The average molecular weight is 552 g/mol. The van der Waals surface area contributed by atoms with Gasteiger partial charge in [0.2, 0.25) is 0 Å². The molecule has 0 spiro atoms. The number of hydrogen-bond acceptors (Lipinski definition) is 2. The van der Waals surface area contributed by atoms with Gasteiger partial charge in [-0.3, -0.25) is 0 Å². The Hall–Kier alpha value is -4.36. The third-order valence-corrected chi connectivity index (χ3v) is 5.57. The van der Waals surface area contributed by atoms with Gasteiger partial charge in [0.15, 0.2) is 58.2 Å². The molecule has 4 aromatic carbocycles. The number of nitrogens with two attached hydrogens (primary N) is 2. The summed E-state index contributed by atoms with van der Waals surface area (Å²) in [6.07, 6.45) is 0.